The van der Waals surface area contributed by atoms with E-state index in [0.717, 1.165) is 25.7 Å². The largest absolute Gasteiger partial charge is 0.329 e. The fraction of sp³-hybridized carbons (Fsp3) is 0.562. The van der Waals surface area contributed by atoms with Crippen molar-refractivity contribution in [3.8, 4) is 0 Å². The standard InChI is InChI=1S/C16H25FN2O/c1-4-8-16(11-18,9-5-2)15(20)19-13-6-7-14(17)12(3)10-13/h6-7,10H,4-5,8-9,11,18H2,1-3H3,(H,19,20). The molecule has 0 aliphatic carbocycles. The lowest BCUT2D eigenvalue weighted by molar-refractivity contribution is -0.126. The minimum Gasteiger partial charge on any atom is -0.329 e. The van der Waals surface area contributed by atoms with Crippen molar-refractivity contribution in [1.29, 1.82) is 0 Å². The van der Waals surface area contributed by atoms with Gasteiger partial charge in [0.05, 0.1) is 5.41 Å². The SMILES string of the molecule is CCCC(CN)(CCC)C(=O)Nc1ccc(F)c(C)c1. The molecule has 0 radical (unpaired) electrons. The molecule has 3 nitrogen and oxygen atoms in total. The van der Waals surface area contributed by atoms with Crippen molar-refractivity contribution in [3.05, 3.63) is 29.6 Å². The lowest BCUT2D eigenvalue weighted by Crippen LogP contribution is -2.42. The monoisotopic (exact) mass is 280 g/mol. The van der Waals surface area contributed by atoms with Gasteiger partial charge in [-0.2, -0.15) is 0 Å². The second kappa shape index (κ2) is 7.39. The summed E-state index contributed by atoms with van der Waals surface area (Å²) in [6, 6.07) is 4.60. The van der Waals surface area contributed by atoms with Crippen molar-refractivity contribution in [3.63, 3.8) is 0 Å². The summed E-state index contributed by atoms with van der Waals surface area (Å²) in [6.45, 7) is 6.12. The van der Waals surface area contributed by atoms with Crippen LogP contribution in [0.15, 0.2) is 18.2 Å². The van der Waals surface area contributed by atoms with Gasteiger partial charge in [0.1, 0.15) is 5.82 Å². The molecular formula is C16H25FN2O. The van der Waals surface area contributed by atoms with Gasteiger partial charge in [-0.1, -0.05) is 26.7 Å². The van der Waals surface area contributed by atoms with E-state index < -0.39 is 5.41 Å². The number of hydrogen-bond donors (Lipinski definition) is 2. The highest BCUT2D eigenvalue weighted by Crippen LogP contribution is 2.30. The summed E-state index contributed by atoms with van der Waals surface area (Å²) in [7, 11) is 0. The van der Waals surface area contributed by atoms with E-state index in [0.29, 0.717) is 17.8 Å². The lowest BCUT2D eigenvalue weighted by atomic mass is 9.78. The van der Waals surface area contributed by atoms with Crippen molar-refractivity contribution in [1.82, 2.24) is 0 Å². The van der Waals surface area contributed by atoms with Crippen LogP contribution in [0.3, 0.4) is 0 Å². The van der Waals surface area contributed by atoms with Crippen LogP contribution in [0.25, 0.3) is 0 Å². The Balaban J connectivity index is 2.92. The van der Waals surface area contributed by atoms with Crippen LogP contribution in [0.5, 0.6) is 0 Å². The molecule has 1 aromatic carbocycles. The number of amides is 1. The Morgan fingerprint density at radius 3 is 2.35 bits per heavy atom. The Kier molecular flexibility index (Phi) is 6.14. The molecule has 0 aliphatic rings. The number of carbonyl (C=O) groups is 1. The molecule has 0 spiro atoms. The first kappa shape index (κ1) is 16.6. The van der Waals surface area contributed by atoms with Gasteiger partial charge in [-0.15, -0.1) is 0 Å². The third-order valence-electron chi connectivity index (χ3n) is 3.75. The molecule has 0 bridgehead atoms. The van der Waals surface area contributed by atoms with E-state index in [2.05, 4.69) is 19.2 Å². The molecule has 4 heteroatoms. The van der Waals surface area contributed by atoms with Crippen molar-refractivity contribution in [2.45, 2.75) is 46.5 Å². The molecule has 0 aromatic heterocycles. The first-order valence-electron chi connectivity index (χ1n) is 7.26. The second-order valence-electron chi connectivity index (χ2n) is 5.40. The average molecular weight is 280 g/mol. The predicted octanol–water partition coefficient (Wildman–Crippen LogP) is 3.62. The smallest absolute Gasteiger partial charge is 0.231 e. The number of aryl methyl sites for hydroxylation is 1. The molecular weight excluding hydrogens is 255 g/mol. The molecule has 20 heavy (non-hydrogen) atoms. The molecule has 1 rings (SSSR count). The Morgan fingerprint density at radius 2 is 1.90 bits per heavy atom. The van der Waals surface area contributed by atoms with Crippen LogP contribution < -0.4 is 11.1 Å². The predicted molar refractivity (Wildman–Crippen MR) is 81.1 cm³/mol. The van der Waals surface area contributed by atoms with E-state index in [1.54, 1.807) is 19.1 Å². The summed E-state index contributed by atoms with van der Waals surface area (Å²) in [5.41, 5.74) is 6.49. The number of nitrogens with one attached hydrogen (secondary N) is 1. The third-order valence-corrected chi connectivity index (χ3v) is 3.75. The van der Waals surface area contributed by atoms with Gasteiger partial charge >= 0.3 is 0 Å². The van der Waals surface area contributed by atoms with E-state index in [9.17, 15) is 9.18 Å². The second-order valence-corrected chi connectivity index (χ2v) is 5.40. The van der Waals surface area contributed by atoms with Crippen LogP contribution in [-0.2, 0) is 4.79 Å². The summed E-state index contributed by atoms with van der Waals surface area (Å²) < 4.78 is 13.2. The minimum atomic E-state index is -0.522. The van der Waals surface area contributed by atoms with E-state index >= 15 is 0 Å². The first-order valence-corrected chi connectivity index (χ1v) is 7.26. The van der Waals surface area contributed by atoms with E-state index in [-0.39, 0.29) is 11.7 Å². The summed E-state index contributed by atoms with van der Waals surface area (Å²) in [5.74, 6) is -0.329. The van der Waals surface area contributed by atoms with E-state index in [4.69, 9.17) is 5.73 Å². The van der Waals surface area contributed by atoms with Crippen LogP contribution in [0.4, 0.5) is 10.1 Å². The van der Waals surface area contributed by atoms with Gasteiger partial charge in [0.2, 0.25) is 5.91 Å². The van der Waals surface area contributed by atoms with Crippen LogP contribution in [0.2, 0.25) is 0 Å². The van der Waals surface area contributed by atoms with Gasteiger partial charge < -0.3 is 11.1 Å². The quantitative estimate of drug-likeness (QED) is 0.801. The molecule has 1 amide bonds. The Morgan fingerprint density at radius 1 is 1.30 bits per heavy atom. The van der Waals surface area contributed by atoms with Crippen molar-refractivity contribution in [2.75, 3.05) is 11.9 Å². The van der Waals surface area contributed by atoms with Gasteiger partial charge in [-0.25, -0.2) is 4.39 Å². The summed E-state index contributed by atoms with van der Waals surface area (Å²) in [5, 5.41) is 2.89. The van der Waals surface area contributed by atoms with Gasteiger partial charge in [-0.05, 0) is 43.5 Å². The number of benzene rings is 1. The zero-order chi connectivity index (χ0) is 15.2. The number of halogens is 1. The minimum absolute atomic E-state index is 0.0605. The number of nitrogens with two attached hydrogens (primary N) is 1. The van der Waals surface area contributed by atoms with Gasteiger partial charge in [0.25, 0.3) is 0 Å². The lowest BCUT2D eigenvalue weighted by Gasteiger charge is -2.30. The molecule has 3 N–H and O–H groups in total. The van der Waals surface area contributed by atoms with Crippen LogP contribution in [0, 0.1) is 18.2 Å². The Labute approximate surface area is 120 Å². The molecule has 0 aliphatic heterocycles. The van der Waals surface area contributed by atoms with E-state index in [1.807, 2.05) is 0 Å². The normalized spacial score (nSPS) is 11.4. The summed E-state index contributed by atoms with van der Waals surface area (Å²) in [6.07, 6.45) is 3.35. The number of hydrogen-bond acceptors (Lipinski definition) is 2. The number of anilines is 1. The molecule has 0 atom stereocenters. The van der Waals surface area contributed by atoms with Crippen LogP contribution in [0.1, 0.15) is 45.1 Å². The number of rotatable bonds is 7. The molecule has 0 saturated carbocycles. The summed E-state index contributed by atoms with van der Waals surface area (Å²) in [4.78, 5) is 12.6. The zero-order valence-electron chi connectivity index (χ0n) is 12.6. The molecule has 112 valence electrons. The highest BCUT2D eigenvalue weighted by molar-refractivity contribution is 5.95. The topological polar surface area (TPSA) is 55.1 Å². The Hall–Kier alpha value is -1.42. The molecule has 0 heterocycles. The maximum Gasteiger partial charge on any atom is 0.231 e. The first-order chi connectivity index (χ1) is 9.49. The van der Waals surface area contributed by atoms with Gasteiger partial charge in [0, 0.05) is 12.2 Å². The third kappa shape index (κ3) is 3.79. The van der Waals surface area contributed by atoms with Crippen molar-refractivity contribution in [2.24, 2.45) is 11.1 Å². The van der Waals surface area contributed by atoms with Crippen molar-refractivity contribution >= 4 is 11.6 Å². The summed E-state index contributed by atoms with van der Waals surface area (Å²) >= 11 is 0. The highest BCUT2D eigenvalue weighted by Gasteiger charge is 2.35. The molecule has 1 aromatic rings. The highest BCUT2D eigenvalue weighted by atomic mass is 19.1. The van der Waals surface area contributed by atoms with E-state index in [1.165, 1.54) is 6.07 Å². The maximum absolute atomic E-state index is 13.2. The molecule has 0 saturated heterocycles. The fourth-order valence-electron chi connectivity index (χ4n) is 2.59. The Bertz CT molecular complexity index is 454. The number of carbonyl (C=O) groups excluding carboxylic acids is 1. The van der Waals surface area contributed by atoms with Crippen LogP contribution in [-0.4, -0.2) is 12.5 Å². The zero-order valence-corrected chi connectivity index (χ0v) is 12.6. The van der Waals surface area contributed by atoms with Crippen LogP contribution >= 0.6 is 0 Å². The van der Waals surface area contributed by atoms with Gasteiger partial charge in [0.15, 0.2) is 0 Å². The van der Waals surface area contributed by atoms with Crippen molar-refractivity contribution < 1.29 is 9.18 Å². The fourth-order valence-corrected chi connectivity index (χ4v) is 2.59. The molecule has 0 unspecified atom stereocenters. The average Bonchev–Trinajstić information content (AvgIpc) is 2.42. The van der Waals surface area contributed by atoms with Gasteiger partial charge in [-0.3, -0.25) is 4.79 Å². The maximum atomic E-state index is 13.2. The molecule has 0 fully saturated rings.